The number of rotatable bonds is 5. The molecular formula is C27H35F3N4OS. The van der Waals surface area contributed by atoms with Gasteiger partial charge in [-0.3, -0.25) is 0 Å². The quantitative estimate of drug-likeness (QED) is 0.482. The lowest BCUT2D eigenvalue weighted by Gasteiger charge is -2.37. The molecule has 0 radical (unpaired) electrons. The molecule has 0 spiro atoms. The van der Waals surface area contributed by atoms with Gasteiger partial charge in [-0.05, 0) is 62.1 Å². The van der Waals surface area contributed by atoms with Crippen molar-refractivity contribution in [3.05, 3.63) is 47.0 Å². The number of nitrogens with zero attached hydrogens (tertiary/aromatic N) is 2. The largest absolute Gasteiger partial charge is 0.416 e. The minimum Gasteiger partial charge on any atom is -0.382 e. The average Bonchev–Trinajstić information content (AvgIpc) is 2.82. The molecule has 5 rings (SSSR count). The Morgan fingerprint density at radius 3 is 2.44 bits per heavy atom. The third-order valence-electron chi connectivity index (χ3n) is 7.35. The van der Waals surface area contributed by atoms with Gasteiger partial charge < -0.3 is 25.6 Å². The topological polar surface area (TPSA) is 53.8 Å². The number of anilines is 2. The molecule has 0 aromatic heterocycles. The Bertz CT molecular complexity index is 1080. The third-order valence-corrected chi connectivity index (χ3v) is 8.54. The number of piperidine rings is 1. The van der Waals surface area contributed by atoms with E-state index >= 15 is 0 Å². The maximum atomic E-state index is 13.9. The smallest absolute Gasteiger partial charge is 0.382 e. The van der Waals surface area contributed by atoms with Crippen LogP contribution in [0.2, 0.25) is 0 Å². The van der Waals surface area contributed by atoms with Crippen molar-refractivity contribution in [2.75, 3.05) is 49.5 Å². The molecule has 2 fully saturated rings. The Morgan fingerprint density at radius 2 is 1.78 bits per heavy atom. The van der Waals surface area contributed by atoms with Gasteiger partial charge in [0.1, 0.15) is 0 Å². The number of hydrogen-bond donors (Lipinski definition) is 2. The summed E-state index contributed by atoms with van der Waals surface area (Å²) in [6.07, 6.45) is -1.69. The van der Waals surface area contributed by atoms with Crippen molar-refractivity contribution in [1.29, 1.82) is 0 Å². The normalized spacial score (nSPS) is 23.3. The van der Waals surface area contributed by atoms with Gasteiger partial charge in [0.2, 0.25) is 0 Å². The van der Waals surface area contributed by atoms with E-state index in [9.17, 15) is 13.2 Å². The van der Waals surface area contributed by atoms with Crippen LogP contribution >= 0.6 is 11.8 Å². The standard InChI is InChI=1S/C27H35F3N4OS/c1-17-15-34(16-18(2)35-17)22-4-3-19-11-23-24(32-21-5-8-33(9-6-21)10-7-31)12-20(27(28,29)30)13-26(23)36-25(19)14-22/h3-4,12-14,17-18,21,32H,5-11,15-16,31H2,1-2H3. The second kappa shape index (κ2) is 10.4. The molecule has 0 saturated carbocycles. The summed E-state index contributed by atoms with van der Waals surface area (Å²) < 4.78 is 47.4. The fraction of sp³-hybridized carbons (Fsp3) is 0.556. The predicted molar refractivity (Wildman–Crippen MR) is 139 cm³/mol. The van der Waals surface area contributed by atoms with E-state index in [1.54, 1.807) is 0 Å². The third kappa shape index (κ3) is 5.64. The lowest BCUT2D eigenvalue weighted by molar-refractivity contribution is -0.137. The molecule has 0 bridgehead atoms. The molecule has 3 heterocycles. The summed E-state index contributed by atoms with van der Waals surface area (Å²) >= 11 is 1.46. The van der Waals surface area contributed by atoms with Gasteiger partial charge in [-0.2, -0.15) is 13.2 Å². The van der Waals surface area contributed by atoms with Gasteiger partial charge in [-0.1, -0.05) is 17.8 Å². The Balaban J connectivity index is 1.40. The molecule has 3 aliphatic rings. The summed E-state index contributed by atoms with van der Waals surface area (Å²) in [7, 11) is 0. The number of hydrogen-bond acceptors (Lipinski definition) is 6. The van der Waals surface area contributed by atoms with E-state index in [1.165, 1.54) is 23.9 Å². The highest BCUT2D eigenvalue weighted by Crippen LogP contribution is 2.46. The van der Waals surface area contributed by atoms with Crippen LogP contribution in [0, 0.1) is 0 Å². The molecule has 3 aliphatic heterocycles. The first-order chi connectivity index (χ1) is 17.2. The van der Waals surface area contributed by atoms with Gasteiger partial charge in [0.15, 0.2) is 0 Å². The lowest BCUT2D eigenvalue weighted by atomic mass is 9.97. The van der Waals surface area contributed by atoms with Gasteiger partial charge in [0.05, 0.1) is 17.8 Å². The van der Waals surface area contributed by atoms with Crippen LogP contribution in [-0.2, 0) is 17.3 Å². The van der Waals surface area contributed by atoms with E-state index in [2.05, 4.69) is 47.2 Å². The number of morpholine rings is 1. The maximum Gasteiger partial charge on any atom is 0.416 e. The van der Waals surface area contributed by atoms with E-state index in [0.717, 1.165) is 67.3 Å². The number of alkyl halides is 3. The van der Waals surface area contributed by atoms with Crippen molar-refractivity contribution in [3.8, 4) is 0 Å². The summed E-state index contributed by atoms with van der Waals surface area (Å²) in [6, 6.07) is 9.20. The number of fused-ring (bicyclic) bond motifs is 2. The summed E-state index contributed by atoms with van der Waals surface area (Å²) in [6.45, 7) is 9.07. The van der Waals surface area contributed by atoms with Gasteiger partial charge in [-0.25, -0.2) is 0 Å². The highest BCUT2D eigenvalue weighted by atomic mass is 32.2. The molecule has 5 nitrogen and oxygen atoms in total. The first kappa shape index (κ1) is 25.7. The van der Waals surface area contributed by atoms with Crippen molar-refractivity contribution in [2.45, 2.75) is 67.3 Å². The molecule has 2 aromatic rings. The molecule has 0 amide bonds. The minimum atomic E-state index is -4.39. The van der Waals surface area contributed by atoms with Crippen LogP contribution in [0.1, 0.15) is 43.4 Å². The van der Waals surface area contributed by atoms with Crippen LogP contribution in [-0.4, -0.2) is 62.4 Å². The van der Waals surface area contributed by atoms with Crippen LogP contribution in [0.4, 0.5) is 24.5 Å². The molecule has 36 heavy (non-hydrogen) atoms. The van der Waals surface area contributed by atoms with E-state index in [0.29, 0.717) is 23.5 Å². The Hall–Kier alpha value is -1.94. The molecule has 3 N–H and O–H groups in total. The number of nitrogens with one attached hydrogen (secondary N) is 1. The van der Waals surface area contributed by atoms with Crippen LogP contribution < -0.4 is 16.0 Å². The second-order valence-corrected chi connectivity index (χ2v) is 11.4. The molecule has 2 atom stereocenters. The summed E-state index contributed by atoms with van der Waals surface area (Å²) in [4.78, 5) is 6.36. The van der Waals surface area contributed by atoms with Crippen molar-refractivity contribution in [3.63, 3.8) is 0 Å². The highest BCUT2D eigenvalue weighted by Gasteiger charge is 2.34. The number of benzene rings is 2. The molecule has 2 unspecified atom stereocenters. The average molecular weight is 521 g/mol. The molecule has 9 heteroatoms. The molecule has 0 aliphatic carbocycles. The van der Waals surface area contributed by atoms with Crippen molar-refractivity contribution >= 4 is 23.1 Å². The Labute approximate surface area is 215 Å². The maximum absolute atomic E-state index is 13.9. The van der Waals surface area contributed by atoms with Crippen LogP contribution in [0.25, 0.3) is 0 Å². The summed E-state index contributed by atoms with van der Waals surface area (Å²) in [5.41, 5.74) is 8.93. The molecular weight excluding hydrogens is 485 g/mol. The second-order valence-electron chi connectivity index (χ2n) is 10.3. The van der Waals surface area contributed by atoms with Crippen LogP contribution in [0.5, 0.6) is 0 Å². The zero-order valence-corrected chi connectivity index (χ0v) is 21.7. The van der Waals surface area contributed by atoms with E-state index in [4.69, 9.17) is 10.5 Å². The Kier molecular flexibility index (Phi) is 7.45. The fourth-order valence-corrected chi connectivity index (χ4v) is 6.77. The number of likely N-dealkylation sites (tertiary alicyclic amines) is 1. The van der Waals surface area contributed by atoms with Crippen LogP contribution in [0.3, 0.4) is 0 Å². The SMILES string of the molecule is CC1CN(c2ccc3c(c2)Sc2cc(C(F)(F)F)cc(NC4CCN(CCN)CC4)c2C3)CC(C)O1. The Morgan fingerprint density at radius 1 is 1.06 bits per heavy atom. The molecule has 2 aromatic carbocycles. The van der Waals surface area contributed by atoms with Crippen LogP contribution in [0.15, 0.2) is 40.1 Å². The predicted octanol–water partition coefficient (Wildman–Crippen LogP) is 5.21. The molecule has 2 saturated heterocycles. The number of halogens is 3. The van der Waals surface area contributed by atoms with Gasteiger partial charge >= 0.3 is 6.18 Å². The summed E-state index contributed by atoms with van der Waals surface area (Å²) in [5, 5.41) is 3.49. The number of nitrogens with two attached hydrogens (primary N) is 1. The number of ether oxygens (including phenoxy) is 1. The van der Waals surface area contributed by atoms with Crippen molar-refractivity contribution in [1.82, 2.24) is 4.90 Å². The van der Waals surface area contributed by atoms with E-state index < -0.39 is 11.7 Å². The zero-order valence-electron chi connectivity index (χ0n) is 20.9. The van der Waals surface area contributed by atoms with Gasteiger partial charge in [-0.15, -0.1) is 0 Å². The van der Waals surface area contributed by atoms with Gasteiger partial charge in [0, 0.05) is 72.9 Å². The minimum absolute atomic E-state index is 0.142. The van der Waals surface area contributed by atoms with E-state index in [-0.39, 0.29) is 18.2 Å². The summed E-state index contributed by atoms with van der Waals surface area (Å²) in [5.74, 6) is 0. The van der Waals surface area contributed by atoms with Crippen molar-refractivity contribution < 1.29 is 17.9 Å². The first-order valence-electron chi connectivity index (χ1n) is 12.8. The van der Waals surface area contributed by atoms with Gasteiger partial charge in [0.25, 0.3) is 0 Å². The van der Waals surface area contributed by atoms with E-state index in [1.807, 2.05) is 0 Å². The molecule has 196 valence electrons. The zero-order chi connectivity index (χ0) is 25.4. The first-order valence-corrected chi connectivity index (χ1v) is 13.7. The lowest BCUT2D eigenvalue weighted by Crippen LogP contribution is -2.45. The highest BCUT2D eigenvalue weighted by molar-refractivity contribution is 7.99. The monoisotopic (exact) mass is 520 g/mol. The fourth-order valence-electron chi connectivity index (χ4n) is 5.59. The van der Waals surface area contributed by atoms with Crippen molar-refractivity contribution in [2.24, 2.45) is 5.73 Å².